The molecule has 3 aromatic rings. The van der Waals surface area contributed by atoms with E-state index in [4.69, 9.17) is 0 Å². The maximum Gasteiger partial charge on any atom is 0.251 e. The third kappa shape index (κ3) is 4.76. The van der Waals surface area contributed by atoms with Crippen LogP contribution >= 0.6 is 0 Å². The van der Waals surface area contributed by atoms with E-state index >= 15 is 0 Å². The zero-order valence-electron chi connectivity index (χ0n) is 15.9. The Labute approximate surface area is 164 Å². The SMILES string of the molecule is CNC(=O)c1cccc(N[C@@H](C(=O)Nc2ccc(C)cc2)c2ccccc2)c1. The van der Waals surface area contributed by atoms with E-state index in [1.165, 1.54) is 0 Å². The summed E-state index contributed by atoms with van der Waals surface area (Å²) in [5, 5.41) is 8.82. The summed E-state index contributed by atoms with van der Waals surface area (Å²) in [6.07, 6.45) is 0. The van der Waals surface area contributed by atoms with Gasteiger partial charge in [0.25, 0.3) is 11.8 Å². The average molecular weight is 373 g/mol. The molecule has 0 bridgehead atoms. The van der Waals surface area contributed by atoms with Crippen LogP contribution in [0.3, 0.4) is 0 Å². The summed E-state index contributed by atoms with van der Waals surface area (Å²) < 4.78 is 0. The molecule has 3 aromatic carbocycles. The molecule has 0 heterocycles. The van der Waals surface area contributed by atoms with Gasteiger partial charge in [-0.3, -0.25) is 9.59 Å². The molecular weight excluding hydrogens is 350 g/mol. The van der Waals surface area contributed by atoms with Crippen LogP contribution in [0.15, 0.2) is 78.9 Å². The second kappa shape index (κ2) is 8.86. The van der Waals surface area contributed by atoms with E-state index in [0.717, 1.165) is 16.8 Å². The van der Waals surface area contributed by atoms with Crippen molar-refractivity contribution in [3.8, 4) is 0 Å². The van der Waals surface area contributed by atoms with Crippen LogP contribution in [-0.2, 0) is 4.79 Å². The summed E-state index contributed by atoms with van der Waals surface area (Å²) in [5.74, 6) is -0.357. The third-order valence-corrected chi connectivity index (χ3v) is 4.38. The molecule has 0 spiro atoms. The number of anilines is 2. The minimum Gasteiger partial charge on any atom is -0.370 e. The molecule has 0 aliphatic heterocycles. The van der Waals surface area contributed by atoms with Gasteiger partial charge in [-0.1, -0.05) is 54.1 Å². The highest BCUT2D eigenvalue weighted by Crippen LogP contribution is 2.22. The Morgan fingerprint density at radius 2 is 1.54 bits per heavy atom. The largest absolute Gasteiger partial charge is 0.370 e. The molecule has 28 heavy (non-hydrogen) atoms. The third-order valence-electron chi connectivity index (χ3n) is 4.38. The second-order valence-electron chi connectivity index (χ2n) is 6.50. The van der Waals surface area contributed by atoms with Crippen LogP contribution in [0.1, 0.15) is 27.5 Å². The van der Waals surface area contributed by atoms with Crippen molar-refractivity contribution in [3.05, 3.63) is 95.6 Å². The van der Waals surface area contributed by atoms with E-state index < -0.39 is 6.04 Å². The predicted molar refractivity (Wildman–Crippen MR) is 112 cm³/mol. The first kappa shape index (κ1) is 19.2. The number of hydrogen-bond acceptors (Lipinski definition) is 3. The lowest BCUT2D eigenvalue weighted by molar-refractivity contribution is -0.117. The molecule has 2 amide bonds. The Morgan fingerprint density at radius 1 is 0.821 bits per heavy atom. The number of aryl methyl sites for hydroxylation is 1. The zero-order valence-corrected chi connectivity index (χ0v) is 15.9. The Bertz CT molecular complexity index is 953. The normalized spacial score (nSPS) is 11.4. The second-order valence-corrected chi connectivity index (χ2v) is 6.50. The van der Waals surface area contributed by atoms with E-state index in [2.05, 4.69) is 16.0 Å². The van der Waals surface area contributed by atoms with E-state index in [0.29, 0.717) is 11.3 Å². The van der Waals surface area contributed by atoms with Gasteiger partial charge in [-0.2, -0.15) is 0 Å². The molecule has 0 aliphatic carbocycles. The topological polar surface area (TPSA) is 70.2 Å². The van der Waals surface area contributed by atoms with Crippen molar-refractivity contribution in [1.82, 2.24) is 5.32 Å². The quantitative estimate of drug-likeness (QED) is 0.608. The lowest BCUT2D eigenvalue weighted by atomic mass is 10.0. The smallest absolute Gasteiger partial charge is 0.251 e. The van der Waals surface area contributed by atoms with Gasteiger partial charge in [0.2, 0.25) is 0 Å². The summed E-state index contributed by atoms with van der Waals surface area (Å²) >= 11 is 0. The van der Waals surface area contributed by atoms with E-state index in [9.17, 15) is 9.59 Å². The molecule has 0 radical (unpaired) electrons. The lowest BCUT2D eigenvalue weighted by Gasteiger charge is -2.20. The highest BCUT2D eigenvalue weighted by Gasteiger charge is 2.21. The van der Waals surface area contributed by atoms with Crippen LogP contribution in [0.2, 0.25) is 0 Å². The number of hydrogen-bond donors (Lipinski definition) is 3. The van der Waals surface area contributed by atoms with Crippen molar-refractivity contribution in [1.29, 1.82) is 0 Å². The minimum absolute atomic E-state index is 0.177. The van der Waals surface area contributed by atoms with E-state index in [1.54, 1.807) is 25.2 Å². The van der Waals surface area contributed by atoms with Crippen molar-refractivity contribution >= 4 is 23.2 Å². The lowest BCUT2D eigenvalue weighted by Crippen LogP contribution is -2.27. The standard InChI is InChI=1S/C23H23N3O2/c1-16-11-13-19(14-12-16)26-23(28)21(17-7-4-3-5-8-17)25-20-10-6-9-18(15-20)22(27)24-2/h3-15,21,25H,1-2H3,(H,24,27)(H,26,28)/t21-/m1/s1. The Balaban J connectivity index is 1.86. The molecular formula is C23H23N3O2. The van der Waals surface area contributed by atoms with Crippen LogP contribution in [-0.4, -0.2) is 18.9 Å². The van der Waals surface area contributed by atoms with Crippen LogP contribution < -0.4 is 16.0 Å². The molecule has 0 unspecified atom stereocenters. The van der Waals surface area contributed by atoms with Crippen LogP contribution in [0.4, 0.5) is 11.4 Å². The van der Waals surface area contributed by atoms with Crippen LogP contribution in [0, 0.1) is 6.92 Å². The van der Waals surface area contributed by atoms with Gasteiger partial charge in [0.15, 0.2) is 0 Å². The summed E-state index contributed by atoms with van der Waals surface area (Å²) in [4.78, 5) is 24.9. The van der Waals surface area contributed by atoms with Gasteiger partial charge in [-0.15, -0.1) is 0 Å². The van der Waals surface area contributed by atoms with Gasteiger partial charge in [0.1, 0.15) is 6.04 Å². The fraction of sp³-hybridized carbons (Fsp3) is 0.130. The maximum atomic E-state index is 13.0. The number of amides is 2. The molecule has 3 N–H and O–H groups in total. The van der Waals surface area contributed by atoms with Gasteiger partial charge in [0, 0.05) is 24.0 Å². The van der Waals surface area contributed by atoms with Gasteiger partial charge in [-0.05, 0) is 42.8 Å². The van der Waals surface area contributed by atoms with Gasteiger partial charge in [-0.25, -0.2) is 0 Å². The molecule has 0 fully saturated rings. The summed E-state index contributed by atoms with van der Waals surface area (Å²) in [7, 11) is 1.59. The number of nitrogens with one attached hydrogen (secondary N) is 3. The fourth-order valence-corrected chi connectivity index (χ4v) is 2.86. The van der Waals surface area contributed by atoms with Crippen LogP contribution in [0.5, 0.6) is 0 Å². The minimum atomic E-state index is -0.609. The first-order valence-corrected chi connectivity index (χ1v) is 9.08. The number of benzene rings is 3. The first-order chi connectivity index (χ1) is 13.6. The molecule has 142 valence electrons. The molecule has 1 atom stereocenters. The highest BCUT2D eigenvalue weighted by molar-refractivity contribution is 5.98. The van der Waals surface area contributed by atoms with E-state index in [1.807, 2.05) is 67.6 Å². The Morgan fingerprint density at radius 3 is 2.21 bits per heavy atom. The Kier molecular flexibility index (Phi) is 6.07. The van der Waals surface area contributed by atoms with Gasteiger partial charge >= 0.3 is 0 Å². The monoisotopic (exact) mass is 373 g/mol. The van der Waals surface area contributed by atoms with Crippen molar-refractivity contribution in [2.24, 2.45) is 0 Å². The molecule has 3 rings (SSSR count). The average Bonchev–Trinajstić information content (AvgIpc) is 2.74. The number of rotatable bonds is 6. The molecule has 0 aliphatic rings. The van der Waals surface area contributed by atoms with Gasteiger partial charge < -0.3 is 16.0 Å². The highest BCUT2D eigenvalue weighted by atomic mass is 16.2. The summed E-state index contributed by atoms with van der Waals surface area (Å²) in [6, 6.07) is 23.6. The molecule has 0 aromatic heterocycles. The summed E-state index contributed by atoms with van der Waals surface area (Å²) in [6.45, 7) is 2.00. The fourth-order valence-electron chi connectivity index (χ4n) is 2.86. The number of carbonyl (C=O) groups excluding carboxylic acids is 2. The zero-order chi connectivity index (χ0) is 19.9. The first-order valence-electron chi connectivity index (χ1n) is 9.08. The van der Waals surface area contributed by atoms with Crippen molar-refractivity contribution in [3.63, 3.8) is 0 Å². The van der Waals surface area contributed by atoms with Gasteiger partial charge in [0.05, 0.1) is 0 Å². The maximum absolute atomic E-state index is 13.0. The molecule has 5 nitrogen and oxygen atoms in total. The molecule has 0 saturated carbocycles. The molecule has 0 saturated heterocycles. The molecule has 5 heteroatoms. The van der Waals surface area contributed by atoms with Crippen molar-refractivity contribution in [2.45, 2.75) is 13.0 Å². The Hall–Kier alpha value is -3.60. The van der Waals surface area contributed by atoms with E-state index in [-0.39, 0.29) is 11.8 Å². The van der Waals surface area contributed by atoms with Crippen LogP contribution in [0.25, 0.3) is 0 Å². The van der Waals surface area contributed by atoms with Crippen molar-refractivity contribution < 1.29 is 9.59 Å². The predicted octanol–water partition coefficient (Wildman–Crippen LogP) is 4.15. The number of carbonyl (C=O) groups is 2. The van der Waals surface area contributed by atoms with Crippen molar-refractivity contribution in [2.75, 3.05) is 17.7 Å². The summed E-state index contributed by atoms with van der Waals surface area (Å²) in [5.41, 5.74) is 3.91.